The second-order valence-electron chi connectivity index (χ2n) is 7.93. The molecule has 0 radical (unpaired) electrons. The van der Waals surface area contributed by atoms with Gasteiger partial charge in [-0.05, 0) is 42.8 Å². The van der Waals surface area contributed by atoms with Gasteiger partial charge in [-0.3, -0.25) is 14.5 Å². The predicted octanol–water partition coefficient (Wildman–Crippen LogP) is 2.57. The van der Waals surface area contributed by atoms with Crippen LogP contribution in [0.5, 0.6) is 5.75 Å². The smallest absolute Gasteiger partial charge is 0.309 e. The highest BCUT2D eigenvalue weighted by atomic mass is 16.5. The number of rotatable bonds is 10. The van der Waals surface area contributed by atoms with Gasteiger partial charge in [-0.25, -0.2) is 0 Å². The number of benzene rings is 1. The van der Waals surface area contributed by atoms with Crippen LogP contribution in [0.25, 0.3) is 0 Å². The summed E-state index contributed by atoms with van der Waals surface area (Å²) in [6.45, 7) is 6.28. The maximum Gasteiger partial charge on any atom is 0.309 e. The van der Waals surface area contributed by atoms with Gasteiger partial charge >= 0.3 is 11.8 Å². The molecule has 2 heterocycles. The Morgan fingerprint density at radius 3 is 2.38 bits per heavy atom. The number of carbonyl (C=O) groups excluding carboxylic acids is 2. The van der Waals surface area contributed by atoms with Crippen molar-refractivity contribution >= 4 is 17.5 Å². The quantitative estimate of drug-likeness (QED) is 0.434. The molecule has 3 rings (SSSR count). The van der Waals surface area contributed by atoms with Gasteiger partial charge < -0.3 is 24.7 Å². The van der Waals surface area contributed by atoms with Gasteiger partial charge in [0, 0.05) is 45.0 Å². The minimum absolute atomic E-state index is 0.125. The van der Waals surface area contributed by atoms with E-state index in [-0.39, 0.29) is 6.04 Å². The monoisotopic (exact) mass is 442 g/mol. The fourth-order valence-corrected chi connectivity index (χ4v) is 3.90. The van der Waals surface area contributed by atoms with Crippen molar-refractivity contribution in [3.63, 3.8) is 0 Å². The molecule has 0 bridgehead atoms. The molecule has 1 aromatic carbocycles. The SMILES string of the molecule is CCCCCNC(=O)C(=O)NCC(c1ccco1)N1CCN(c2ccc(OC)cc2)CC1. The Bertz CT molecular complexity index is 830. The van der Waals surface area contributed by atoms with Crippen molar-refractivity contribution in [2.75, 3.05) is 51.3 Å². The van der Waals surface area contributed by atoms with E-state index in [4.69, 9.17) is 9.15 Å². The number of unbranched alkanes of at least 4 members (excludes halogenated alkanes) is 2. The molecule has 8 heteroatoms. The number of amides is 2. The average Bonchev–Trinajstić information content (AvgIpc) is 3.37. The maximum atomic E-state index is 12.3. The number of anilines is 1. The van der Waals surface area contributed by atoms with Crippen molar-refractivity contribution in [3.05, 3.63) is 48.4 Å². The summed E-state index contributed by atoms with van der Waals surface area (Å²) >= 11 is 0. The Morgan fingerprint density at radius 1 is 1.03 bits per heavy atom. The third-order valence-corrected chi connectivity index (χ3v) is 5.79. The second kappa shape index (κ2) is 12.1. The average molecular weight is 443 g/mol. The van der Waals surface area contributed by atoms with E-state index >= 15 is 0 Å². The Morgan fingerprint density at radius 2 is 1.75 bits per heavy atom. The zero-order valence-electron chi connectivity index (χ0n) is 19.0. The van der Waals surface area contributed by atoms with E-state index < -0.39 is 11.8 Å². The summed E-state index contributed by atoms with van der Waals surface area (Å²) in [5.41, 5.74) is 1.16. The van der Waals surface area contributed by atoms with E-state index in [0.29, 0.717) is 13.1 Å². The Hall–Kier alpha value is -3.00. The molecule has 1 aromatic heterocycles. The molecule has 174 valence electrons. The number of hydrogen-bond acceptors (Lipinski definition) is 6. The first-order valence-electron chi connectivity index (χ1n) is 11.3. The molecule has 1 aliphatic rings. The molecule has 0 saturated carbocycles. The molecule has 32 heavy (non-hydrogen) atoms. The predicted molar refractivity (Wildman–Crippen MR) is 124 cm³/mol. The Balaban J connectivity index is 1.54. The van der Waals surface area contributed by atoms with Crippen LogP contribution in [0.3, 0.4) is 0 Å². The normalized spacial score (nSPS) is 15.2. The molecular formula is C24H34N4O4. The maximum absolute atomic E-state index is 12.3. The van der Waals surface area contributed by atoms with Crippen LogP contribution >= 0.6 is 0 Å². The number of ether oxygens (including phenoxy) is 1. The molecule has 0 spiro atoms. The van der Waals surface area contributed by atoms with Gasteiger partial charge in [-0.2, -0.15) is 0 Å². The number of methoxy groups -OCH3 is 1. The first-order valence-corrected chi connectivity index (χ1v) is 11.3. The fourth-order valence-electron chi connectivity index (χ4n) is 3.90. The summed E-state index contributed by atoms with van der Waals surface area (Å²) in [5, 5.41) is 5.47. The molecule has 2 N–H and O–H groups in total. The van der Waals surface area contributed by atoms with Crippen molar-refractivity contribution in [2.24, 2.45) is 0 Å². The van der Waals surface area contributed by atoms with Crippen molar-refractivity contribution in [2.45, 2.75) is 32.2 Å². The minimum Gasteiger partial charge on any atom is -0.497 e. The minimum atomic E-state index is -0.602. The van der Waals surface area contributed by atoms with Crippen molar-refractivity contribution in [3.8, 4) is 5.75 Å². The molecule has 1 atom stereocenters. The van der Waals surface area contributed by atoms with Crippen LogP contribution in [-0.2, 0) is 9.59 Å². The van der Waals surface area contributed by atoms with Crippen molar-refractivity contribution < 1.29 is 18.7 Å². The van der Waals surface area contributed by atoms with Gasteiger partial charge in [0.25, 0.3) is 0 Å². The number of piperazine rings is 1. The van der Waals surface area contributed by atoms with Crippen LogP contribution in [0.2, 0.25) is 0 Å². The molecule has 1 saturated heterocycles. The van der Waals surface area contributed by atoms with Crippen LogP contribution < -0.4 is 20.3 Å². The molecule has 2 aromatic rings. The number of nitrogens with zero attached hydrogens (tertiary/aromatic N) is 2. The van der Waals surface area contributed by atoms with Gasteiger partial charge in [-0.1, -0.05) is 19.8 Å². The van der Waals surface area contributed by atoms with Crippen molar-refractivity contribution in [1.82, 2.24) is 15.5 Å². The summed E-state index contributed by atoms with van der Waals surface area (Å²) in [4.78, 5) is 28.9. The molecule has 0 aliphatic carbocycles. The number of carbonyl (C=O) groups is 2. The molecule has 1 fully saturated rings. The zero-order chi connectivity index (χ0) is 22.8. The topological polar surface area (TPSA) is 87.0 Å². The number of nitrogens with one attached hydrogen (secondary N) is 2. The van der Waals surface area contributed by atoms with Gasteiger partial charge in [-0.15, -0.1) is 0 Å². The second-order valence-corrected chi connectivity index (χ2v) is 7.93. The standard InChI is InChI=1S/C24H34N4O4/c1-3-4-5-12-25-23(29)24(30)26-18-21(22-7-6-17-32-22)28-15-13-27(14-16-28)19-8-10-20(31-2)11-9-19/h6-11,17,21H,3-5,12-16,18H2,1-2H3,(H,25,29)(H,26,30). The molecule has 8 nitrogen and oxygen atoms in total. The van der Waals surface area contributed by atoms with E-state index in [1.54, 1.807) is 13.4 Å². The van der Waals surface area contributed by atoms with E-state index in [9.17, 15) is 9.59 Å². The first-order chi connectivity index (χ1) is 15.6. The number of furan rings is 1. The molecular weight excluding hydrogens is 408 g/mol. The number of hydrogen-bond donors (Lipinski definition) is 2. The summed E-state index contributed by atoms with van der Waals surface area (Å²) < 4.78 is 10.9. The summed E-state index contributed by atoms with van der Waals surface area (Å²) in [6.07, 6.45) is 4.62. The third kappa shape index (κ3) is 6.50. The molecule has 2 amide bonds. The lowest BCUT2D eigenvalue weighted by Gasteiger charge is -2.39. The lowest BCUT2D eigenvalue weighted by Crippen LogP contribution is -2.50. The highest BCUT2D eigenvalue weighted by Crippen LogP contribution is 2.25. The van der Waals surface area contributed by atoms with Gasteiger partial charge in [0.1, 0.15) is 11.5 Å². The van der Waals surface area contributed by atoms with Gasteiger partial charge in [0.2, 0.25) is 0 Å². The van der Waals surface area contributed by atoms with Crippen molar-refractivity contribution in [1.29, 1.82) is 0 Å². The zero-order valence-corrected chi connectivity index (χ0v) is 19.0. The third-order valence-electron chi connectivity index (χ3n) is 5.79. The van der Waals surface area contributed by atoms with E-state index in [1.165, 1.54) is 0 Å². The molecule has 1 aliphatic heterocycles. The van der Waals surface area contributed by atoms with E-state index in [0.717, 1.165) is 62.6 Å². The summed E-state index contributed by atoms with van der Waals surface area (Å²) in [6, 6.07) is 11.7. The fraction of sp³-hybridized carbons (Fsp3) is 0.500. The highest BCUT2D eigenvalue weighted by molar-refractivity contribution is 6.35. The summed E-state index contributed by atoms with van der Waals surface area (Å²) in [7, 11) is 1.66. The van der Waals surface area contributed by atoms with Crippen LogP contribution in [-0.4, -0.2) is 63.1 Å². The van der Waals surface area contributed by atoms with E-state index in [2.05, 4.69) is 39.5 Å². The van der Waals surface area contributed by atoms with Crippen LogP contribution in [0.15, 0.2) is 47.1 Å². The highest BCUT2D eigenvalue weighted by Gasteiger charge is 2.28. The lowest BCUT2D eigenvalue weighted by atomic mass is 10.1. The Labute approximate surface area is 189 Å². The van der Waals surface area contributed by atoms with E-state index in [1.807, 2.05) is 24.3 Å². The molecule has 1 unspecified atom stereocenters. The Kier molecular flexibility index (Phi) is 8.98. The first kappa shape index (κ1) is 23.7. The van der Waals surface area contributed by atoms with Gasteiger partial charge in [0.05, 0.1) is 19.4 Å². The van der Waals surface area contributed by atoms with Crippen LogP contribution in [0.1, 0.15) is 38.0 Å². The van der Waals surface area contributed by atoms with Crippen LogP contribution in [0, 0.1) is 0 Å². The lowest BCUT2D eigenvalue weighted by molar-refractivity contribution is -0.139. The van der Waals surface area contributed by atoms with Gasteiger partial charge in [0.15, 0.2) is 0 Å². The summed E-state index contributed by atoms with van der Waals surface area (Å²) in [5.74, 6) is 0.445. The van der Waals surface area contributed by atoms with Crippen LogP contribution in [0.4, 0.5) is 5.69 Å². The largest absolute Gasteiger partial charge is 0.497 e.